The van der Waals surface area contributed by atoms with Crippen LogP contribution in [0.5, 0.6) is 5.75 Å². The van der Waals surface area contributed by atoms with E-state index in [1.54, 1.807) is 13.1 Å². The van der Waals surface area contributed by atoms with Crippen LogP contribution in [0.1, 0.15) is 11.4 Å². The molecule has 20 heavy (non-hydrogen) atoms. The summed E-state index contributed by atoms with van der Waals surface area (Å²) in [4.78, 5) is 14.5. The zero-order valence-corrected chi connectivity index (χ0v) is 10.7. The fourth-order valence-electron chi connectivity index (χ4n) is 1.56. The van der Waals surface area contributed by atoms with Gasteiger partial charge in [-0.3, -0.25) is 4.68 Å². The molecule has 1 aromatic heterocycles. The predicted molar refractivity (Wildman–Crippen MR) is 68.4 cm³/mol. The normalized spacial score (nSPS) is 10.9. The van der Waals surface area contributed by atoms with Crippen LogP contribution in [0, 0.1) is 5.82 Å². The molecule has 1 heterocycles. The first-order valence-corrected chi connectivity index (χ1v) is 5.73. The van der Waals surface area contributed by atoms with Crippen LogP contribution in [-0.4, -0.2) is 25.8 Å². The van der Waals surface area contributed by atoms with E-state index in [0.717, 1.165) is 6.08 Å². The topological polar surface area (TPSA) is 77.2 Å². The molecule has 0 aliphatic rings. The molecule has 0 unspecified atom stereocenters. The van der Waals surface area contributed by atoms with Gasteiger partial charge in [0.1, 0.15) is 12.9 Å². The second-order valence-corrected chi connectivity index (χ2v) is 3.92. The molecule has 0 bridgehead atoms. The summed E-state index contributed by atoms with van der Waals surface area (Å²) in [6, 6.07) is 4.28. The summed E-state index contributed by atoms with van der Waals surface area (Å²) >= 11 is 0. The number of aliphatic carboxylic acids is 1. The fraction of sp³-hybridized carbons (Fsp3) is 0.154. The van der Waals surface area contributed by atoms with Crippen molar-refractivity contribution in [2.24, 2.45) is 7.05 Å². The molecule has 6 nitrogen and oxygen atoms in total. The number of rotatable bonds is 5. The van der Waals surface area contributed by atoms with Gasteiger partial charge in [0.25, 0.3) is 0 Å². The van der Waals surface area contributed by atoms with Crippen LogP contribution < -0.4 is 4.74 Å². The lowest BCUT2D eigenvalue weighted by Gasteiger charge is -2.09. The van der Waals surface area contributed by atoms with Crippen molar-refractivity contribution in [3.05, 3.63) is 47.8 Å². The molecule has 104 valence electrons. The van der Waals surface area contributed by atoms with Gasteiger partial charge in [-0.05, 0) is 12.1 Å². The highest BCUT2D eigenvalue weighted by molar-refractivity contribution is 5.85. The van der Waals surface area contributed by atoms with E-state index in [0.29, 0.717) is 11.4 Å². The largest absolute Gasteiger partial charge is 0.482 e. The average molecular weight is 277 g/mol. The zero-order chi connectivity index (χ0) is 14.5. The average Bonchev–Trinajstić information content (AvgIpc) is 2.81. The molecule has 0 atom stereocenters. The maximum Gasteiger partial charge on any atom is 0.328 e. The van der Waals surface area contributed by atoms with Gasteiger partial charge < -0.3 is 9.84 Å². The summed E-state index contributed by atoms with van der Waals surface area (Å²) in [5.41, 5.74) is 0.342. The maximum atomic E-state index is 13.8. The third-order valence-corrected chi connectivity index (χ3v) is 2.55. The Balaban J connectivity index is 2.22. The van der Waals surface area contributed by atoms with Gasteiger partial charge in [0, 0.05) is 18.7 Å². The summed E-state index contributed by atoms with van der Waals surface area (Å²) in [6.45, 7) is 0.0331. The van der Waals surface area contributed by atoms with Crippen LogP contribution in [0.25, 0.3) is 6.08 Å². The minimum atomic E-state index is -1.12. The Kier molecular flexibility index (Phi) is 4.09. The molecule has 2 rings (SSSR count). The van der Waals surface area contributed by atoms with Gasteiger partial charge in [0.05, 0.1) is 0 Å². The molecule has 2 aromatic rings. The summed E-state index contributed by atoms with van der Waals surface area (Å²) in [5, 5.41) is 12.5. The second-order valence-electron chi connectivity index (χ2n) is 3.92. The monoisotopic (exact) mass is 277 g/mol. The lowest BCUT2D eigenvalue weighted by atomic mass is 10.2. The van der Waals surface area contributed by atoms with Crippen molar-refractivity contribution in [3.8, 4) is 5.75 Å². The van der Waals surface area contributed by atoms with Crippen LogP contribution in [0.3, 0.4) is 0 Å². The number of hydrogen-bond acceptors (Lipinski definition) is 4. The first kappa shape index (κ1) is 13.7. The Hall–Kier alpha value is -2.70. The molecule has 1 aromatic carbocycles. The number of nitrogens with zero attached hydrogens (tertiary/aromatic N) is 3. The number of carbonyl (C=O) groups is 1. The van der Waals surface area contributed by atoms with Gasteiger partial charge in [0.15, 0.2) is 17.4 Å². The van der Waals surface area contributed by atoms with E-state index < -0.39 is 11.8 Å². The van der Waals surface area contributed by atoms with Crippen molar-refractivity contribution in [3.63, 3.8) is 0 Å². The van der Waals surface area contributed by atoms with Crippen LogP contribution in [-0.2, 0) is 18.4 Å². The highest BCUT2D eigenvalue weighted by Crippen LogP contribution is 2.24. The number of para-hydroxylation sites is 1. The predicted octanol–water partition coefficient (Wildman–Crippen LogP) is 1.63. The number of aryl methyl sites for hydroxylation is 1. The number of halogens is 1. The molecule has 7 heteroatoms. The standard InChI is InChI=1S/C13H12FN3O3/c1-17-11(15-8-16-17)7-20-13-9(5-6-12(18)19)3-2-4-10(13)14/h2-6,8H,7H2,1H3,(H,18,19)/b6-5+. The highest BCUT2D eigenvalue weighted by Gasteiger charge is 2.10. The van der Waals surface area contributed by atoms with E-state index in [2.05, 4.69) is 10.1 Å². The number of hydrogen-bond donors (Lipinski definition) is 1. The molecule has 0 aliphatic heterocycles. The number of carboxylic acids is 1. The van der Waals surface area contributed by atoms with Crippen LogP contribution >= 0.6 is 0 Å². The Morgan fingerprint density at radius 3 is 3.00 bits per heavy atom. The van der Waals surface area contributed by atoms with Crippen molar-refractivity contribution in [2.75, 3.05) is 0 Å². The number of carboxylic acid groups (broad SMARTS) is 1. The lowest BCUT2D eigenvalue weighted by Crippen LogP contribution is -2.06. The van der Waals surface area contributed by atoms with Crippen LogP contribution in [0.2, 0.25) is 0 Å². The number of aromatic nitrogens is 3. The molecular formula is C13H12FN3O3. The van der Waals surface area contributed by atoms with E-state index in [1.807, 2.05) is 0 Å². The first-order valence-electron chi connectivity index (χ1n) is 5.73. The first-order chi connectivity index (χ1) is 9.58. The van der Waals surface area contributed by atoms with E-state index in [9.17, 15) is 9.18 Å². The molecule has 0 radical (unpaired) electrons. The molecule has 0 saturated carbocycles. The quantitative estimate of drug-likeness (QED) is 0.840. The fourth-order valence-corrected chi connectivity index (χ4v) is 1.56. The Labute approximate surface area is 114 Å². The second kappa shape index (κ2) is 5.96. The molecule has 0 aliphatic carbocycles. The van der Waals surface area contributed by atoms with Crippen LogP contribution in [0.15, 0.2) is 30.6 Å². The van der Waals surface area contributed by atoms with Crippen molar-refractivity contribution in [1.29, 1.82) is 0 Å². The van der Waals surface area contributed by atoms with Gasteiger partial charge in [-0.2, -0.15) is 5.10 Å². The number of ether oxygens (including phenoxy) is 1. The highest BCUT2D eigenvalue weighted by atomic mass is 19.1. The third kappa shape index (κ3) is 3.19. The van der Waals surface area contributed by atoms with Crippen molar-refractivity contribution in [2.45, 2.75) is 6.61 Å². The van der Waals surface area contributed by atoms with Gasteiger partial charge in [-0.25, -0.2) is 14.2 Å². The minimum absolute atomic E-state index is 0.0204. The van der Waals surface area contributed by atoms with Crippen molar-refractivity contribution in [1.82, 2.24) is 14.8 Å². The molecule has 1 N–H and O–H groups in total. The Morgan fingerprint density at radius 2 is 2.35 bits per heavy atom. The molecule has 0 spiro atoms. The summed E-state index contributed by atoms with van der Waals surface area (Å²) < 4.78 is 20.6. The van der Waals surface area contributed by atoms with E-state index in [1.165, 1.54) is 29.2 Å². The van der Waals surface area contributed by atoms with Gasteiger partial charge in [0.2, 0.25) is 0 Å². The van der Waals surface area contributed by atoms with E-state index in [4.69, 9.17) is 9.84 Å². The van der Waals surface area contributed by atoms with Crippen molar-refractivity contribution >= 4 is 12.0 Å². The SMILES string of the molecule is Cn1ncnc1COc1c(F)cccc1/C=C/C(=O)O. The lowest BCUT2D eigenvalue weighted by molar-refractivity contribution is -0.131. The third-order valence-electron chi connectivity index (χ3n) is 2.55. The zero-order valence-electron chi connectivity index (χ0n) is 10.7. The van der Waals surface area contributed by atoms with Gasteiger partial charge in [-0.1, -0.05) is 12.1 Å². The molecule has 0 amide bonds. The maximum absolute atomic E-state index is 13.8. The summed E-state index contributed by atoms with van der Waals surface area (Å²) in [5.74, 6) is -1.18. The molecular weight excluding hydrogens is 265 g/mol. The van der Waals surface area contributed by atoms with Gasteiger partial charge in [-0.15, -0.1) is 0 Å². The van der Waals surface area contributed by atoms with E-state index >= 15 is 0 Å². The smallest absolute Gasteiger partial charge is 0.328 e. The van der Waals surface area contributed by atoms with Gasteiger partial charge >= 0.3 is 5.97 Å². The molecule has 0 saturated heterocycles. The van der Waals surface area contributed by atoms with Crippen molar-refractivity contribution < 1.29 is 19.0 Å². The number of benzene rings is 1. The van der Waals surface area contributed by atoms with Crippen LogP contribution in [0.4, 0.5) is 4.39 Å². The molecule has 0 fully saturated rings. The summed E-state index contributed by atoms with van der Waals surface area (Å²) in [6.07, 6.45) is 3.56. The minimum Gasteiger partial charge on any atom is -0.482 e. The Morgan fingerprint density at radius 1 is 1.55 bits per heavy atom. The summed E-state index contributed by atoms with van der Waals surface area (Å²) in [7, 11) is 1.69. The van der Waals surface area contributed by atoms with E-state index in [-0.39, 0.29) is 12.4 Å². The Bertz CT molecular complexity index is 652.